The summed E-state index contributed by atoms with van der Waals surface area (Å²) in [7, 11) is 0. The molecule has 0 saturated carbocycles. The van der Waals surface area contributed by atoms with Crippen molar-refractivity contribution in [2.45, 2.75) is 31.0 Å². The summed E-state index contributed by atoms with van der Waals surface area (Å²) < 4.78 is 23.4. The Kier molecular flexibility index (Phi) is 4.25. The van der Waals surface area contributed by atoms with Crippen LogP contribution in [0.3, 0.4) is 0 Å². The lowest BCUT2D eigenvalue weighted by Crippen LogP contribution is -2.60. The highest BCUT2D eigenvalue weighted by Gasteiger charge is 2.44. The number of aromatic nitrogens is 2. The van der Waals surface area contributed by atoms with Crippen LogP contribution in [0.25, 0.3) is 32.1 Å². The Morgan fingerprint density at radius 3 is 3.03 bits per heavy atom. The maximum absolute atomic E-state index is 16.3. The van der Waals surface area contributed by atoms with Crippen LogP contribution in [-0.4, -0.2) is 41.2 Å². The molecule has 2 aromatic carbocycles. The number of nitrogens with two attached hydrogens (primary N) is 1. The average molecular weight is 493 g/mol. The molecule has 10 heteroatoms. The van der Waals surface area contributed by atoms with E-state index in [-0.39, 0.29) is 28.2 Å². The van der Waals surface area contributed by atoms with E-state index in [0.29, 0.717) is 51.1 Å². The second-order valence-electron chi connectivity index (χ2n) is 8.96. The van der Waals surface area contributed by atoms with E-state index in [2.05, 4.69) is 26.3 Å². The summed E-state index contributed by atoms with van der Waals surface area (Å²) in [5.74, 6) is 0.477. The van der Waals surface area contributed by atoms with Gasteiger partial charge in [-0.25, -0.2) is 14.4 Å². The lowest BCUT2D eigenvalue weighted by Gasteiger charge is -2.40. The fourth-order valence-electron chi connectivity index (χ4n) is 5.77. The van der Waals surface area contributed by atoms with Crippen LogP contribution in [0.2, 0.25) is 5.02 Å². The van der Waals surface area contributed by atoms with Crippen molar-refractivity contribution in [2.24, 2.45) is 0 Å². The zero-order valence-corrected chi connectivity index (χ0v) is 19.4. The molecule has 0 spiro atoms. The van der Waals surface area contributed by atoms with Crippen molar-refractivity contribution in [1.29, 1.82) is 5.26 Å². The molecule has 0 unspecified atom stereocenters. The molecule has 7 nitrogen and oxygen atoms in total. The number of hydrogen-bond donors (Lipinski definition) is 2. The van der Waals surface area contributed by atoms with Gasteiger partial charge < -0.3 is 20.7 Å². The molecule has 5 heterocycles. The maximum Gasteiger partial charge on any atom is 0.159 e. The van der Waals surface area contributed by atoms with Gasteiger partial charge in [0.2, 0.25) is 0 Å². The Morgan fingerprint density at radius 1 is 1.29 bits per heavy atom. The van der Waals surface area contributed by atoms with Gasteiger partial charge in [-0.15, -0.1) is 11.3 Å². The molecule has 0 radical (unpaired) electrons. The van der Waals surface area contributed by atoms with E-state index in [9.17, 15) is 5.26 Å². The van der Waals surface area contributed by atoms with Crippen molar-refractivity contribution >= 4 is 54.7 Å². The minimum absolute atomic E-state index is 0.0668. The molecule has 2 aromatic heterocycles. The summed E-state index contributed by atoms with van der Waals surface area (Å²) in [6, 6.07) is 8.30. The lowest BCUT2D eigenvalue weighted by atomic mass is 9.96. The zero-order valence-electron chi connectivity index (χ0n) is 17.8. The van der Waals surface area contributed by atoms with E-state index in [1.807, 2.05) is 6.07 Å². The van der Waals surface area contributed by atoms with Crippen molar-refractivity contribution in [2.75, 3.05) is 23.8 Å². The lowest BCUT2D eigenvalue weighted by molar-refractivity contribution is 0.244. The quantitative estimate of drug-likeness (QED) is 0.404. The molecule has 7 rings (SSSR count). The minimum atomic E-state index is -0.561. The molecule has 34 heavy (non-hydrogen) atoms. The van der Waals surface area contributed by atoms with Gasteiger partial charge in [-0.3, -0.25) is 0 Å². The van der Waals surface area contributed by atoms with Crippen LogP contribution in [0.1, 0.15) is 18.4 Å². The fraction of sp³-hybridized carbons (Fsp3) is 0.292. The zero-order chi connectivity index (χ0) is 23.1. The summed E-state index contributed by atoms with van der Waals surface area (Å²) in [4.78, 5) is 11.1. The van der Waals surface area contributed by atoms with Crippen LogP contribution in [-0.2, 0) is 0 Å². The smallest absolute Gasteiger partial charge is 0.159 e. The van der Waals surface area contributed by atoms with Gasteiger partial charge in [0.25, 0.3) is 0 Å². The van der Waals surface area contributed by atoms with E-state index in [1.54, 1.807) is 12.1 Å². The third kappa shape index (κ3) is 2.59. The Balaban J connectivity index is 1.53. The van der Waals surface area contributed by atoms with Gasteiger partial charge in [0.15, 0.2) is 11.6 Å². The topological polar surface area (TPSA) is 100 Å². The van der Waals surface area contributed by atoms with E-state index in [1.165, 1.54) is 17.7 Å². The van der Waals surface area contributed by atoms with Crippen molar-refractivity contribution in [3.8, 4) is 22.9 Å². The summed E-state index contributed by atoms with van der Waals surface area (Å²) in [6.07, 6.45) is 3.56. The molecule has 2 fully saturated rings. The first-order valence-electron chi connectivity index (χ1n) is 11.1. The number of rotatable bonds is 1. The van der Waals surface area contributed by atoms with Crippen molar-refractivity contribution in [3.05, 3.63) is 40.9 Å². The number of thiophene rings is 1. The fourth-order valence-corrected chi connectivity index (χ4v) is 7.05. The molecule has 0 aliphatic carbocycles. The van der Waals surface area contributed by atoms with Crippen LogP contribution in [0.4, 0.5) is 15.2 Å². The van der Waals surface area contributed by atoms with Gasteiger partial charge >= 0.3 is 0 Å². The number of nitrogens with zero attached hydrogens (tertiary/aromatic N) is 4. The number of piperazine rings is 1. The van der Waals surface area contributed by atoms with Crippen LogP contribution in [0.15, 0.2) is 24.5 Å². The first kappa shape index (κ1) is 20.2. The number of fused-ring (bicyclic) bond motifs is 6. The summed E-state index contributed by atoms with van der Waals surface area (Å²) in [5, 5.41) is 15.0. The van der Waals surface area contributed by atoms with Gasteiger partial charge in [-0.05, 0) is 24.5 Å². The highest BCUT2D eigenvalue weighted by atomic mass is 35.5. The van der Waals surface area contributed by atoms with Crippen LogP contribution in [0, 0.1) is 17.1 Å². The highest BCUT2D eigenvalue weighted by molar-refractivity contribution is 7.23. The third-order valence-corrected chi connectivity index (χ3v) is 8.60. The first-order chi connectivity index (χ1) is 16.6. The average Bonchev–Trinajstić information content (AvgIpc) is 3.33. The van der Waals surface area contributed by atoms with E-state index >= 15 is 4.39 Å². The van der Waals surface area contributed by atoms with E-state index in [4.69, 9.17) is 22.1 Å². The minimum Gasteiger partial charge on any atom is -0.489 e. The van der Waals surface area contributed by atoms with Gasteiger partial charge in [-0.2, -0.15) is 5.26 Å². The molecular formula is C24H18ClFN6OS. The molecule has 0 amide bonds. The Morgan fingerprint density at radius 2 is 2.18 bits per heavy atom. The normalized spacial score (nSPS) is 23.0. The standard InChI is InChI=1S/C24H18ClFN6OS/c25-19-17(11-2-1-3-15-16(11)12(6-27)23(28)34-15)20(26)21-18-22(19)33-8-14-13-5-4-10(31-13)7-32(14)24(18)30-9-29-21/h1-3,9-10,13-14,31H,4-5,7-8,28H2/t10-,13+,14+/m0/s1. The van der Waals surface area contributed by atoms with Gasteiger partial charge in [0.05, 0.1) is 22.0 Å². The SMILES string of the molecule is N#Cc1c(N)sc2cccc(-c3c(Cl)c4c5c(ncnc5c3F)N3C[C@@H]5CC[C@@H](N5)[C@H]3CO4)c12. The summed E-state index contributed by atoms with van der Waals surface area (Å²) in [6.45, 7) is 1.18. The number of hydrogen-bond acceptors (Lipinski definition) is 8. The third-order valence-electron chi connectivity index (χ3n) is 7.25. The Bertz CT molecular complexity index is 1570. The van der Waals surface area contributed by atoms with E-state index < -0.39 is 5.82 Å². The second kappa shape index (κ2) is 7.15. The Labute approximate surface area is 202 Å². The molecule has 170 valence electrons. The molecule has 3 aliphatic rings. The molecule has 2 bridgehead atoms. The van der Waals surface area contributed by atoms with Crippen LogP contribution in [0.5, 0.6) is 5.75 Å². The molecule has 4 aromatic rings. The number of halogens is 2. The summed E-state index contributed by atoms with van der Waals surface area (Å²) >= 11 is 8.21. The molecular weight excluding hydrogens is 475 g/mol. The Hall–Kier alpha value is -3.19. The monoisotopic (exact) mass is 492 g/mol. The largest absolute Gasteiger partial charge is 0.489 e. The van der Waals surface area contributed by atoms with Gasteiger partial charge in [-0.1, -0.05) is 23.7 Å². The van der Waals surface area contributed by atoms with Crippen LogP contribution >= 0.6 is 22.9 Å². The van der Waals surface area contributed by atoms with Crippen molar-refractivity contribution in [3.63, 3.8) is 0 Å². The van der Waals surface area contributed by atoms with Crippen molar-refractivity contribution < 1.29 is 9.13 Å². The second-order valence-corrected chi connectivity index (χ2v) is 10.4. The number of ether oxygens (including phenoxy) is 1. The van der Waals surface area contributed by atoms with Crippen molar-refractivity contribution in [1.82, 2.24) is 15.3 Å². The molecule has 3 aliphatic heterocycles. The number of nitrogens with one attached hydrogen (secondary N) is 1. The predicted octanol–water partition coefficient (Wildman–Crippen LogP) is 4.46. The maximum atomic E-state index is 16.3. The number of benzene rings is 2. The highest BCUT2D eigenvalue weighted by Crippen LogP contribution is 2.50. The number of nitriles is 1. The van der Waals surface area contributed by atoms with Gasteiger partial charge in [0, 0.05) is 34.3 Å². The molecule has 3 N–H and O–H groups in total. The van der Waals surface area contributed by atoms with Gasteiger partial charge in [0.1, 0.15) is 35.3 Å². The predicted molar refractivity (Wildman–Crippen MR) is 131 cm³/mol. The molecule has 3 atom stereocenters. The summed E-state index contributed by atoms with van der Waals surface area (Å²) in [5.41, 5.74) is 7.22. The number of nitrogen functional groups attached to an aromatic ring is 1. The van der Waals surface area contributed by atoms with Crippen LogP contribution < -0.4 is 20.7 Å². The molecule has 2 saturated heterocycles. The van der Waals surface area contributed by atoms with E-state index in [0.717, 1.165) is 24.1 Å². The number of anilines is 2. The first-order valence-corrected chi connectivity index (χ1v) is 12.3.